The van der Waals surface area contributed by atoms with Gasteiger partial charge >= 0.3 is 0 Å². The van der Waals surface area contributed by atoms with Gasteiger partial charge in [-0.3, -0.25) is 4.68 Å². The second-order valence-electron chi connectivity index (χ2n) is 3.30. The van der Waals surface area contributed by atoms with E-state index in [1.54, 1.807) is 4.68 Å². The molecule has 0 spiro atoms. The molecule has 0 amide bonds. The summed E-state index contributed by atoms with van der Waals surface area (Å²) in [7, 11) is 1.91. The third-order valence-electron chi connectivity index (χ3n) is 1.92. The van der Waals surface area contributed by atoms with Crippen molar-refractivity contribution in [3.8, 4) is 0 Å². The quantitative estimate of drug-likeness (QED) is 0.675. The molecule has 1 aromatic rings. The van der Waals surface area contributed by atoms with Gasteiger partial charge in [0.05, 0.1) is 18.5 Å². The number of anilines is 1. The Morgan fingerprint density at radius 3 is 3.00 bits per heavy atom. The van der Waals surface area contributed by atoms with Gasteiger partial charge < -0.3 is 10.1 Å². The van der Waals surface area contributed by atoms with E-state index in [-0.39, 0.29) is 0 Å². The van der Waals surface area contributed by atoms with Crippen molar-refractivity contribution in [3.63, 3.8) is 0 Å². The summed E-state index contributed by atoms with van der Waals surface area (Å²) in [4.78, 5) is 0. The summed E-state index contributed by atoms with van der Waals surface area (Å²) in [5, 5.41) is 7.29. The number of nitrogens with one attached hydrogen (secondary N) is 1. The van der Waals surface area contributed by atoms with E-state index >= 15 is 0 Å². The number of nitrogens with zero attached hydrogens (tertiary/aromatic N) is 2. The molecule has 0 aliphatic heterocycles. The second-order valence-corrected chi connectivity index (χ2v) is 3.30. The van der Waals surface area contributed by atoms with E-state index < -0.39 is 0 Å². The van der Waals surface area contributed by atoms with E-state index in [9.17, 15) is 0 Å². The summed E-state index contributed by atoms with van der Waals surface area (Å²) in [6, 6.07) is 0. The van der Waals surface area contributed by atoms with Crippen LogP contribution in [0.2, 0.25) is 0 Å². The largest absolute Gasteiger partial charge is 0.380 e. The van der Waals surface area contributed by atoms with E-state index in [0.717, 1.165) is 31.9 Å². The average Bonchev–Trinajstić information content (AvgIpc) is 2.58. The summed E-state index contributed by atoms with van der Waals surface area (Å²) in [5.74, 6) is 0. The zero-order valence-corrected chi connectivity index (χ0v) is 8.99. The van der Waals surface area contributed by atoms with Crippen molar-refractivity contribution >= 4 is 5.69 Å². The number of hydrogen-bond acceptors (Lipinski definition) is 3. The minimum Gasteiger partial charge on any atom is -0.380 e. The van der Waals surface area contributed by atoms with Crippen molar-refractivity contribution in [1.29, 1.82) is 0 Å². The van der Waals surface area contributed by atoms with Crippen LogP contribution in [-0.4, -0.2) is 29.5 Å². The Morgan fingerprint density at radius 1 is 1.50 bits per heavy atom. The molecule has 0 aromatic carbocycles. The minimum absolute atomic E-state index is 0.759. The molecule has 4 nitrogen and oxygen atoms in total. The molecule has 14 heavy (non-hydrogen) atoms. The number of ether oxygens (including phenoxy) is 1. The number of hydrogen-bond donors (Lipinski definition) is 1. The van der Waals surface area contributed by atoms with Crippen molar-refractivity contribution in [1.82, 2.24) is 9.78 Å². The molecule has 0 radical (unpaired) electrons. The Balaban J connectivity index is 1.99. The molecule has 0 saturated heterocycles. The lowest BCUT2D eigenvalue weighted by atomic mass is 10.4. The summed E-state index contributed by atoms with van der Waals surface area (Å²) in [6.45, 7) is 4.63. The fourth-order valence-electron chi connectivity index (χ4n) is 1.13. The van der Waals surface area contributed by atoms with Gasteiger partial charge in [-0.15, -0.1) is 0 Å². The van der Waals surface area contributed by atoms with Crippen molar-refractivity contribution in [2.45, 2.75) is 19.8 Å². The van der Waals surface area contributed by atoms with Gasteiger partial charge in [0.15, 0.2) is 0 Å². The Hall–Kier alpha value is -1.03. The van der Waals surface area contributed by atoms with E-state index in [1.165, 1.54) is 6.42 Å². The highest BCUT2D eigenvalue weighted by atomic mass is 16.5. The van der Waals surface area contributed by atoms with Gasteiger partial charge in [-0.05, 0) is 6.42 Å². The fraction of sp³-hybridized carbons (Fsp3) is 0.700. The van der Waals surface area contributed by atoms with E-state index in [1.807, 2.05) is 19.4 Å². The molecular weight excluding hydrogens is 178 g/mol. The van der Waals surface area contributed by atoms with Crippen molar-refractivity contribution < 1.29 is 4.74 Å². The average molecular weight is 197 g/mol. The maximum Gasteiger partial charge on any atom is 0.0727 e. The van der Waals surface area contributed by atoms with Crippen LogP contribution in [0.1, 0.15) is 19.8 Å². The van der Waals surface area contributed by atoms with Gasteiger partial charge in [-0.2, -0.15) is 5.10 Å². The SMILES string of the molecule is CCCCOCCNc1cnn(C)c1. The van der Waals surface area contributed by atoms with Crippen LogP contribution >= 0.6 is 0 Å². The number of rotatable bonds is 7. The third kappa shape index (κ3) is 4.28. The van der Waals surface area contributed by atoms with E-state index in [0.29, 0.717) is 0 Å². The first-order valence-electron chi connectivity index (χ1n) is 5.13. The predicted molar refractivity (Wildman–Crippen MR) is 57.4 cm³/mol. The van der Waals surface area contributed by atoms with Gasteiger partial charge in [0.1, 0.15) is 0 Å². The van der Waals surface area contributed by atoms with E-state index in [4.69, 9.17) is 4.74 Å². The van der Waals surface area contributed by atoms with Gasteiger partial charge in [0, 0.05) is 26.4 Å². The molecule has 1 aromatic heterocycles. The monoisotopic (exact) mass is 197 g/mol. The third-order valence-corrected chi connectivity index (χ3v) is 1.92. The molecule has 1 heterocycles. The molecule has 0 saturated carbocycles. The molecule has 0 aliphatic carbocycles. The maximum absolute atomic E-state index is 5.41. The first kappa shape index (κ1) is 11.0. The molecule has 80 valence electrons. The van der Waals surface area contributed by atoms with Crippen LogP contribution < -0.4 is 5.32 Å². The molecule has 0 unspecified atom stereocenters. The van der Waals surface area contributed by atoms with Crippen LogP contribution in [0.3, 0.4) is 0 Å². The Kier molecular flexibility index (Phi) is 5.07. The number of aromatic nitrogens is 2. The molecule has 0 bridgehead atoms. The molecule has 4 heteroatoms. The minimum atomic E-state index is 0.759. The van der Waals surface area contributed by atoms with Crippen LogP contribution in [0.4, 0.5) is 5.69 Å². The van der Waals surface area contributed by atoms with Gasteiger partial charge in [0.2, 0.25) is 0 Å². The highest BCUT2D eigenvalue weighted by Crippen LogP contribution is 2.01. The highest BCUT2D eigenvalue weighted by Gasteiger charge is 1.93. The zero-order valence-electron chi connectivity index (χ0n) is 8.99. The summed E-state index contributed by atoms with van der Waals surface area (Å²) < 4.78 is 7.19. The van der Waals surface area contributed by atoms with Gasteiger partial charge in [-0.25, -0.2) is 0 Å². The maximum atomic E-state index is 5.41. The molecule has 0 fully saturated rings. The molecular formula is C10H19N3O. The van der Waals surface area contributed by atoms with Gasteiger partial charge in [-0.1, -0.05) is 13.3 Å². The predicted octanol–water partition coefficient (Wildman–Crippen LogP) is 1.65. The van der Waals surface area contributed by atoms with Crippen molar-refractivity contribution in [2.75, 3.05) is 25.1 Å². The fourth-order valence-corrected chi connectivity index (χ4v) is 1.13. The molecule has 1 N–H and O–H groups in total. The van der Waals surface area contributed by atoms with Gasteiger partial charge in [0.25, 0.3) is 0 Å². The zero-order chi connectivity index (χ0) is 10.2. The second kappa shape index (κ2) is 6.43. The summed E-state index contributed by atoms with van der Waals surface area (Å²) in [6.07, 6.45) is 6.10. The normalized spacial score (nSPS) is 10.4. The first-order valence-corrected chi connectivity index (χ1v) is 5.13. The van der Waals surface area contributed by atoms with Crippen LogP contribution in [0.15, 0.2) is 12.4 Å². The van der Waals surface area contributed by atoms with Crippen LogP contribution in [0.25, 0.3) is 0 Å². The molecule has 0 aliphatic rings. The van der Waals surface area contributed by atoms with Crippen LogP contribution in [0.5, 0.6) is 0 Å². The van der Waals surface area contributed by atoms with Crippen LogP contribution in [0, 0.1) is 0 Å². The van der Waals surface area contributed by atoms with Crippen molar-refractivity contribution in [2.24, 2.45) is 7.05 Å². The Labute approximate surface area is 85.3 Å². The molecule has 1 rings (SSSR count). The summed E-state index contributed by atoms with van der Waals surface area (Å²) >= 11 is 0. The lowest BCUT2D eigenvalue weighted by molar-refractivity contribution is 0.141. The lowest BCUT2D eigenvalue weighted by Crippen LogP contribution is -2.09. The Bertz CT molecular complexity index is 247. The topological polar surface area (TPSA) is 39.1 Å². The Morgan fingerprint density at radius 2 is 2.36 bits per heavy atom. The van der Waals surface area contributed by atoms with Crippen molar-refractivity contribution in [3.05, 3.63) is 12.4 Å². The molecule has 0 atom stereocenters. The van der Waals surface area contributed by atoms with Crippen LogP contribution in [-0.2, 0) is 11.8 Å². The van der Waals surface area contributed by atoms with E-state index in [2.05, 4.69) is 17.3 Å². The first-order chi connectivity index (χ1) is 6.83. The highest BCUT2D eigenvalue weighted by molar-refractivity contribution is 5.37. The standard InChI is InChI=1S/C10H19N3O/c1-3-4-6-14-7-5-11-10-8-12-13(2)9-10/h8-9,11H,3-7H2,1-2H3. The summed E-state index contributed by atoms with van der Waals surface area (Å²) in [5.41, 5.74) is 1.05. The number of unbranched alkanes of at least 4 members (excludes halogenated alkanes) is 1. The smallest absolute Gasteiger partial charge is 0.0727 e. The number of aryl methyl sites for hydroxylation is 1. The lowest BCUT2D eigenvalue weighted by Gasteiger charge is -2.04.